The third-order valence-electron chi connectivity index (χ3n) is 3.54. The largest absolute Gasteiger partial charge is 0.310 e. The molecule has 0 fully saturated rings. The van der Waals surface area contributed by atoms with Crippen LogP contribution in [0, 0.1) is 10.1 Å². The Morgan fingerprint density at radius 3 is 2.48 bits per heavy atom. The second kappa shape index (κ2) is 7.55. The van der Waals surface area contributed by atoms with Crippen LogP contribution in [0.5, 0.6) is 0 Å². The molecule has 2 rings (SSSR count). The highest BCUT2D eigenvalue weighted by molar-refractivity contribution is 5.39. The Bertz CT molecular complexity index is 584. The zero-order valence-electron chi connectivity index (χ0n) is 12.2. The topological polar surface area (TPSA) is 55.2 Å². The summed E-state index contributed by atoms with van der Waals surface area (Å²) in [6.07, 6.45) is 2.01. The summed E-state index contributed by atoms with van der Waals surface area (Å²) in [6, 6.07) is 17.5. The molecule has 21 heavy (non-hydrogen) atoms. The Labute approximate surface area is 125 Å². The van der Waals surface area contributed by atoms with E-state index in [0.29, 0.717) is 12.6 Å². The lowest BCUT2D eigenvalue weighted by Gasteiger charge is -2.14. The van der Waals surface area contributed by atoms with Gasteiger partial charge in [-0.25, -0.2) is 0 Å². The molecular weight excluding hydrogens is 264 g/mol. The molecule has 0 amide bonds. The number of aryl methyl sites for hydroxylation is 1. The summed E-state index contributed by atoms with van der Waals surface area (Å²) in [4.78, 5) is 10.6. The first-order valence-electron chi connectivity index (χ1n) is 7.16. The van der Waals surface area contributed by atoms with Gasteiger partial charge in [-0.3, -0.25) is 10.1 Å². The summed E-state index contributed by atoms with van der Waals surface area (Å²) in [7, 11) is 0. The Balaban J connectivity index is 1.84. The van der Waals surface area contributed by atoms with Gasteiger partial charge in [0.05, 0.1) is 4.92 Å². The average Bonchev–Trinajstić information content (AvgIpc) is 2.52. The molecule has 1 N–H and O–H groups in total. The van der Waals surface area contributed by atoms with E-state index in [9.17, 15) is 10.1 Å². The number of hydrogen-bond donors (Lipinski definition) is 1. The molecule has 4 nitrogen and oxygen atoms in total. The van der Waals surface area contributed by atoms with Gasteiger partial charge in [-0.1, -0.05) is 48.5 Å². The van der Waals surface area contributed by atoms with Crippen LogP contribution < -0.4 is 5.32 Å². The predicted octanol–water partition coefficient (Wildman–Crippen LogP) is 3.71. The van der Waals surface area contributed by atoms with E-state index in [1.165, 1.54) is 5.56 Å². The zero-order valence-corrected chi connectivity index (χ0v) is 12.2. The quantitative estimate of drug-likeness (QED) is 0.623. The summed E-state index contributed by atoms with van der Waals surface area (Å²) in [6.45, 7) is 2.63. The van der Waals surface area contributed by atoms with E-state index in [1.54, 1.807) is 18.2 Å². The second-order valence-corrected chi connectivity index (χ2v) is 5.19. The minimum atomic E-state index is -0.328. The number of rotatable bonds is 7. The van der Waals surface area contributed by atoms with E-state index in [4.69, 9.17) is 0 Å². The standard InChI is InChI=1S/C17H20N2O2/c1-14(11-12-15-7-3-2-4-8-15)18-13-16-9-5-6-10-17(16)19(20)21/h2-10,14,18H,11-13H2,1H3. The van der Waals surface area contributed by atoms with Crippen LogP contribution >= 0.6 is 0 Å². The molecule has 1 atom stereocenters. The number of nitro groups is 1. The third kappa shape index (κ3) is 4.68. The fourth-order valence-corrected chi connectivity index (χ4v) is 2.25. The number of benzene rings is 2. The smallest absolute Gasteiger partial charge is 0.273 e. The third-order valence-corrected chi connectivity index (χ3v) is 3.54. The fraction of sp³-hybridized carbons (Fsp3) is 0.294. The molecule has 0 spiro atoms. The van der Waals surface area contributed by atoms with Gasteiger partial charge in [0, 0.05) is 24.2 Å². The van der Waals surface area contributed by atoms with Crippen LogP contribution in [0.15, 0.2) is 54.6 Å². The Hall–Kier alpha value is -2.20. The van der Waals surface area contributed by atoms with Crippen molar-refractivity contribution < 1.29 is 4.92 Å². The molecule has 0 bridgehead atoms. The highest BCUT2D eigenvalue weighted by Crippen LogP contribution is 2.17. The van der Waals surface area contributed by atoms with Gasteiger partial charge in [-0.05, 0) is 25.3 Å². The molecule has 2 aromatic carbocycles. The maximum atomic E-state index is 11.0. The first-order chi connectivity index (χ1) is 10.2. The number of nitrogens with one attached hydrogen (secondary N) is 1. The Kier molecular flexibility index (Phi) is 5.46. The summed E-state index contributed by atoms with van der Waals surface area (Å²) in [5.74, 6) is 0. The summed E-state index contributed by atoms with van der Waals surface area (Å²) in [5, 5.41) is 14.3. The average molecular weight is 284 g/mol. The van der Waals surface area contributed by atoms with Crippen molar-refractivity contribution in [1.29, 1.82) is 0 Å². The van der Waals surface area contributed by atoms with Gasteiger partial charge >= 0.3 is 0 Å². The summed E-state index contributed by atoms with van der Waals surface area (Å²) < 4.78 is 0. The molecule has 1 unspecified atom stereocenters. The van der Waals surface area contributed by atoms with Gasteiger partial charge < -0.3 is 5.32 Å². The van der Waals surface area contributed by atoms with Gasteiger partial charge in [-0.2, -0.15) is 0 Å². The predicted molar refractivity (Wildman–Crippen MR) is 84.2 cm³/mol. The summed E-state index contributed by atoms with van der Waals surface area (Å²) >= 11 is 0. The SMILES string of the molecule is CC(CCc1ccccc1)NCc1ccccc1[N+](=O)[O-]. The number of nitro benzene ring substituents is 1. The number of hydrogen-bond acceptors (Lipinski definition) is 3. The first kappa shape index (κ1) is 15.2. The molecule has 4 heteroatoms. The van der Waals surface area contributed by atoms with Gasteiger partial charge in [-0.15, -0.1) is 0 Å². The first-order valence-corrected chi connectivity index (χ1v) is 7.16. The van der Waals surface area contributed by atoms with E-state index in [-0.39, 0.29) is 10.6 Å². The number of nitrogens with zero attached hydrogens (tertiary/aromatic N) is 1. The van der Waals surface area contributed by atoms with Crippen LogP contribution in [0.4, 0.5) is 5.69 Å². The van der Waals surface area contributed by atoms with Crippen LogP contribution in [-0.2, 0) is 13.0 Å². The Morgan fingerprint density at radius 1 is 1.10 bits per heavy atom. The van der Waals surface area contributed by atoms with Gasteiger partial charge in [0.25, 0.3) is 5.69 Å². The molecule has 0 radical (unpaired) electrons. The van der Waals surface area contributed by atoms with Gasteiger partial charge in [0.1, 0.15) is 0 Å². The maximum Gasteiger partial charge on any atom is 0.273 e. The van der Waals surface area contributed by atoms with Gasteiger partial charge in [0.15, 0.2) is 0 Å². The normalized spacial score (nSPS) is 12.0. The van der Waals surface area contributed by atoms with Crippen molar-refractivity contribution in [2.75, 3.05) is 0 Å². The van der Waals surface area contributed by atoms with Crippen LogP contribution in [-0.4, -0.2) is 11.0 Å². The molecule has 0 aliphatic rings. The lowest BCUT2D eigenvalue weighted by Crippen LogP contribution is -2.26. The maximum absolute atomic E-state index is 11.0. The highest BCUT2D eigenvalue weighted by atomic mass is 16.6. The summed E-state index contributed by atoms with van der Waals surface area (Å²) in [5.41, 5.74) is 2.23. The Morgan fingerprint density at radius 2 is 1.76 bits per heavy atom. The van der Waals surface area contributed by atoms with Crippen molar-refractivity contribution in [3.05, 3.63) is 75.8 Å². The van der Waals surface area contributed by atoms with Crippen LogP contribution in [0.1, 0.15) is 24.5 Å². The molecule has 0 aliphatic heterocycles. The molecule has 110 valence electrons. The van der Waals surface area contributed by atoms with E-state index < -0.39 is 0 Å². The van der Waals surface area contributed by atoms with Crippen molar-refractivity contribution >= 4 is 5.69 Å². The fourth-order valence-electron chi connectivity index (χ4n) is 2.25. The molecular formula is C17H20N2O2. The van der Waals surface area contributed by atoms with E-state index in [0.717, 1.165) is 18.4 Å². The molecule has 0 saturated heterocycles. The minimum Gasteiger partial charge on any atom is -0.310 e. The minimum absolute atomic E-state index is 0.181. The van der Waals surface area contributed by atoms with Crippen LogP contribution in [0.2, 0.25) is 0 Å². The van der Waals surface area contributed by atoms with Crippen LogP contribution in [0.25, 0.3) is 0 Å². The van der Waals surface area contributed by atoms with Crippen molar-refractivity contribution in [2.45, 2.75) is 32.4 Å². The lowest BCUT2D eigenvalue weighted by molar-refractivity contribution is -0.385. The lowest BCUT2D eigenvalue weighted by atomic mass is 10.1. The molecule has 0 heterocycles. The van der Waals surface area contributed by atoms with Crippen molar-refractivity contribution in [3.63, 3.8) is 0 Å². The van der Waals surface area contributed by atoms with E-state index in [2.05, 4.69) is 24.4 Å². The molecule has 0 saturated carbocycles. The van der Waals surface area contributed by atoms with E-state index in [1.807, 2.05) is 24.3 Å². The van der Waals surface area contributed by atoms with Gasteiger partial charge in [0.2, 0.25) is 0 Å². The van der Waals surface area contributed by atoms with Crippen molar-refractivity contribution in [3.8, 4) is 0 Å². The van der Waals surface area contributed by atoms with Crippen LogP contribution in [0.3, 0.4) is 0 Å². The number of para-hydroxylation sites is 1. The van der Waals surface area contributed by atoms with E-state index >= 15 is 0 Å². The van der Waals surface area contributed by atoms with Crippen molar-refractivity contribution in [1.82, 2.24) is 5.32 Å². The monoisotopic (exact) mass is 284 g/mol. The van der Waals surface area contributed by atoms with Crippen molar-refractivity contribution in [2.24, 2.45) is 0 Å². The molecule has 2 aromatic rings. The molecule has 0 aromatic heterocycles. The highest BCUT2D eigenvalue weighted by Gasteiger charge is 2.12. The zero-order chi connectivity index (χ0) is 15.1. The molecule has 0 aliphatic carbocycles. The second-order valence-electron chi connectivity index (χ2n) is 5.19.